The number of hydrogen-bond donors (Lipinski definition) is 1. The lowest BCUT2D eigenvalue weighted by Crippen LogP contribution is -2.30. The number of anilines is 1. The van der Waals surface area contributed by atoms with Crippen LogP contribution in [-0.4, -0.2) is 18.2 Å². The van der Waals surface area contributed by atoms with Crippen LogP contribution in [0.15, 0.2) is 83.8 Å². The van der Waals surface area contributed by atoms with Crippen molar-refractivity contribution < 1.29 is 4.79 Å². The van der Waals surface area contributed by atoms with Crippen molar-refractivity contribution in [3.05, 3.63) is 95.6 Å². The van der Waals surface area contributed by atoms with E-state index in [1.54, 1.807) is 0 Å². The number of amides is 1. The summed E-state index contributed by atoms with van der Waals surface area (Å²) in [6.07, 6.45) is 0. The molecule has 0 aliphatic carbocycles. The topological polar surface area (TPSA) is 32.3 Å². The van der Waals surface area contributed by atoms with Crippen LogP contribution in [0.4, 0.5) is 5.69 Å². The second kappa shape index (κ2) is 8.53. The average Bonchev–Trinajstić information content (AvgIpc) is 2.75. The maximum Gasteiger partial charge on any atom is 0.251 e. The van der Waals surface area contributed by atoms with Gasteiger partial charge in [0.15, 0.2) is 0 Å². The van der Waals surface area contributed by atoms with E-state index in [0.717, 1.165) is 30.1 Å². The van der Waals surface area contributed by atoms with Crippen LogP contribution in [0.5, 0.6) is 0 Å². The van der Waals surface area contributed by atoms with Crippen LogP contribution < -0.4 is 10.2 Å². The molecule has 3 aromatic rings. The highest BCUT2D eigenvalue weighted by molar-refractivity contribution is 7.99. The molecule has 1 aliphatic rings. The maximum atomic E-state index is 12.8. The Morgan fingerprint density at radius 2 is 1.75 bits per heavy atom. The molecule has 0 unspecified atom stereocenters. The Bertz CT molecular complexity index is 943. The first-order valence-corrected chi connectivity index (χ1v) is 10.6. The smallest absolute Gasteiger partial charge is 0.251 e. The fourth-order valence-corrected chi connectivity index (χ4v) is 4.52. The van der Waals surface area contributed by atoms with E-state index in [4.69, 9.17) is 0 Å². The lowest BCUT2D eigenvalue weighted by molar-refractivity contribution is 0.0940. The first-order valence-electron chi connectivity index (χ1n) is 9.62. The van der Waals surface area contributed by atoms with E-state index in [-0.39, 0.29) is 11.9 Å². The maximum absolute atomic E-state index is 12.8. The third-order valence-electron chi connectivity index (χ3n) is 5.04. The van der Waals surface area contributed by atoms with Crippen LogP contribution in [-0.2, 0) is 6.54 Å². The van der Waals surface area contributed by atoms with Gasteiger partial charge in [-0.3, -0.25) is 4.79 Å². The van der Waals surface area contributed by atoms with E-state index < -0.39 is 0 Å². The van der Waals surface area contributed by atoms with Gasteiger partial charge in [0.1, 0.15) is 0 Å². The van der Waals surface area contributed by atoms with Crippen LogP contribution in [0.2, 0.25) is 0 Å². The van der Waals surface area contributed by atoms with Gasteiger partial charge in [-0.2, -0.15) is 0 Å². The molecule has 0 radical (unpaired) electrons. The van der Waals surface area contributed by atoms with Crippen molar-refractivity contribution in [1.29, 1.82) is 0 Å². The lowest BCUT2D eigenvalue weighted by Gasteiger charge is -2.31. The summed E-state index contributed by atoms with van der Waals surface area (Å²) in [5.74, 6) is 1.03. The third-order valence-corrected chi connectivity index (χ3v) is 6.09. The van der Waals surface area contributed by atoms with Crippen molar-refractivity contribution >= 4 is 23.4 Å². The molecule has 3 aromatic carbocycles. The van der Waals surface area contributed by atoms with Gasteiger partial charge in [-0.05, 0) is 36.2 Å². The summed E-state index contributed by atoms with van der Waals surface area (Å²) in [5.41, 5.74) is 4.25. The highest BCUT2D eigenvalue weighted by Gasteiger charge is 2.20. The summed E-state index contributed by atoms with van der Waals surface area (Å²) in [7, 11) is 0. The molecule has 0 fully saturated rings. The summed E-state index contributed by atoms with van der Waals surface area (Å²) in [5, 5.41) is 3.12. The van der Waals surface area contributed by atoms with Crippen LogP contribution >= 0.6 is 11.8 Å². The summed E-state index contributed by atoms with van der Waals surface area (Å²) in [6, 6.07) is 26.6. The van der Waals surface area contributed by atoms with Crippen molar-refractivity contribution in [3.8, 4) is 0 Å². The summed E-state index contributed by atoms with van der Waals surface area (Å²) >= 11 is 1.86. The monoisotopic (exact) mass is 388 g/mol. The number of nitrogens with one attached hydrogen (secondary N) is 1. The molecule has 3 nitrogen and oxygen atoms in total. The molecule has 0 bridgehead atoms. The van der Waals surface area contributed by atoms with Gasteiger partial charge in [0.25, 0.3) is 5.91 Å². The number of rotatable bonds is 5. The van der Waals surface area contributed by atoms with E-state index in [1.807, 2.05) is 67.2 Å². The minimum absolute atomic E-state index is 0.0282. The van der Waals surface area contributed by atoms with Crippen molar-refractivity contribution in [2.24, 2.45) is 0 Å². The zero-order valence-electron chi connectivity index (χ0n) is 16.0. The zero-order chi connectivity index (χ0) is 19.3. The molecule has 4 rings (SSSR count). The average molecular weight is 389 g/mol. The van der Waals surface area contributed by atoms with Gasteiger partial charge >= 0.3 is 0 Å². The second-order valence-electron chi connectivity index (χ2n) is 7.04. The Morgan fingerprint density at radius 1 is 1.04 bits per heavy atom. The van der Waals surface area contributed by atoms with Crippen molar-refractivity contribution in [2.75, 3.05) is 17.2 Å². The van der Waals surface area contributed by atoms with E-state index >= 15 is 0 Å². The van der Waals surface area contributed by atoms with Gasteiger partial charge < -0.3 is 10.2 Å². The lowest BCUT2D eigenvalue weighted by atomic mass is 10.1. The SMILES string of the molecule is C[C@@H](NC(=O)c1ccc2c(c1)N(Cc1ccccc1)CCS2)c1ccccc1. The molecule has 0 aromatic heterocycles. The van der Waals surface area contributed by atoms with E-state index in [9.17, 15) is 4.79 Å². The summed E-state index contributed by atoms with van der Waals surface area (Å²) < 4.78 is 0. The van der Waals surface area contributed by atoms with Crippen molar-refractivity contribution in [2.45, 2.75) is 24.4 Å². The molecule has 142 valence electrons. The molecule has 1 N–H and O–H groups in total. The molecule has 1 atom stereocenters. The van der Waals surface area contributed by atoms with Gasteiger partial charge in [0, 0.05) is 29.3 Å². The number of fused-ring (bicyclic) bond motifs is 1. The van der Waals surface area contributed by atoms with Crippen molar-refractivity contribution in [1.82, 2.24) is 5.32 Å². The van der Waals surface area contributed by atoms with E-state index in [0.29, 0.717) is 5.56 Å². The largest absolute Gasteiger partial charge is 0.365 e. The van der Waals surface area contributed by atoms with Gasteiger partial charge in [-0.1, -0.05) is 60.7 Å². The highest BCUT2D eigenvalue weighted by atomic mass is 32.2. The number of hydrogen-bond acceptors (Lipinski definition) is 3. The predicted molar refractivity (Wildman–Crippen MR) is 117 cm³/mol. The Balaban J connectivity index is 1.53. The quantitative estimate of drug-likeness (QED) is 0.644. The zero-order valence-corrected chi connectivity index (χ0v) is 16.8. The number of benzene rings is 3. The number of thioether (sulfide) groups is 1. The number of carbonyl (C=O) groups excluding carboxylic acids is 1. The van der Waals surface area contributed by atoms with Gasteiger partial charge in [0.2, 0.25) is 0 Å². The Morgan fingerprint density at radius 3 is 2.50 bits per heavy atom. The van der Waals surface area contributed by atoms with Crippen LogP contribution in [0.1, 0.15) is 34.5 Å². The second-order valence-corrected chi connectivity index (χ2v) is 8.18. The molecule has 0 saturated carbocycles. The molecule has 4 heteroatoms. The summed E-state index contributed by atoms with van der Waals surface area (Å²) in [4.78, 5) is 16.5. The van der Waals surface area contributed by atoms with E-state index in [1.165, 1.54) is 10.5 Å². The predicted octanol–water partition coefficient (Wildman–Crippen LogP) is 5.29. The molecule has 0 spiro atoms. The fourth-order valence-electron chi connectivity index (χ4n) is 3.49. The number of carbonyl (C=O) groups is 1. The van der Waals surface area contributed by atoms with Gasteiger partial charge in [-0.15, -0.1) is 11.8 Å². The fraction of sp³-hybridized carbons (Fsp3) is 0.208. The summed E-state index contributed by atoms with van der Waals surface area (Å²) in [6.45, 7) is 3.86. The molecular weight excluding hydrogens is 364 g/mol. The van der Waals surface area contributed by atoms with Gasteiger partial charge in [-0.25, -0.2) is 0 Å². The van der Waals surface area contributed by atoms with Crippen LogP contribution in [0, 0.1) is 0 Å². The minimum Gasteiger partial charge on any atom is -0.365 e. The Kier molecular flexibility index (Phi) is 5.68. The van der Waals surface area contributed by atoms with Crippen molar-refractivity contribution in [3.63, 3.8) is 0 Å². The minimum atomic E-state index is -0.0330. The molecule has 1 aliphatic heterocycles. The highest BCUT2D eigenvalue weighted by Crippen LogP contribution is 2.36. The molecule has 0 saturated heterocycles. The van der Waals surface area contributed by atoms with Crippen LogP contribution in [0.25, 0.3) is 0 Å². The van der Waals surface area contributed by atoms with Gasteiger partial charge in [0.05, 0.1) is 11.7 Å². The first kappa shape index (κ1) is 18.6. The van der Waals surface area contributed by atoms with Crippen LogP contribution in [0.3, 0.4) is 0 Å². The molecular formula is C24H24N2OS. The molecule has 28 heavy (non-hydrogen) atoms. The third kappa shape index (κ3) is 4.23. The van der Waals surface area contributed by atoms with E-state index in [2.05, 4.69) is 40.5 Å². The molecule has 1 heterocycles. The standard InChI is InChI=1S/C24H24N2OS/c1-18(20-10-6-3-7-11-20)25-24(27)21-12-13-23-22(16-21)26(14-15-28-23)17-19-8-4-2-5-9-19/h2-13,16,18H,14-15,17H2,1H3,(H,25,27)/t18-/m1/s1. The number of nitrogens with zero attached hydrogens (tertiary/aromatic N) is 1. The Labute approximate surface area is 170 Å². The molecule has 1 amide bonds. The first-order chi connectivity index (χ1) is 13.7. The Hall–Kier alpha value is -2.72. The normalized spacial score (nSPS) is 14.2.